The molecule has 6 heteroatoms. The molecule has 1 aliphatic rings. The lowest BCUT2D eigenvalue weighted by Gasteiger charge is -2.41. The summed E-state index contributed by atoms with van der Waals surface area (Å²) in [5.74, 6) is -0.281. The van der Waals surface area contributed by atoms with E-state index in [1.807, 2.05) is 13.8 Å². The number of benzene rings is 2. The van der Waals surface area contributed by atoms with E-state index in [9.17, 15) is 14.0 Å². The molecule has 2 aromatic rings. The first-order valence-electron chi connectivity index (χ1n) is 9.10. The summed E-state index contributed by atoms with van der Waals surface area (Å²) in [5.41, 5.74) is 1.41. The van der Waals surface area contributed by atoms with Crippen molar-refractivity contribution in [3.8, 4) is 5.75 Å². The van der Waals surface area contributed by atoms with Crippen LogP contribution in [0.3, 0.4) is 0 Å². The van der Waals surface area contributed by atoms with Gasteiger partial charge in [-0.3, -0.25) is 14.5 Å². The second-order valence-corrected chi connectivity index (χ2v) is 6.45. The summed E-state index contributed by atoms with van der Waals surface area (Å²) in [5, 5.41) is 0. The van der Waals surface area contributed by atoms with Crippen LogP contribution in [0.4, 0.5) is 15.8 Å². The first-order chi connectivity index (χ1) is 13.0. The van der Waals surface area contributed by atoms with E-state index in [2.05, 4.69) is 0 Å². The van der Waals surface area contributed by atoms with Gasteiger partial charge in [0.2, 0.25) is 5.91 Å². The molecule has 0 radical (unpaired) electrons. The first-order valence-corrected chi connectivity index (χ1v) is 9.10. The number of anilines is 2. The van der Waals surface area contributed by atoms with Gasteiger partial charge < -0.3 is 9.64 Å². The van der Waals surface area contributed by atoms with Crippen molar-refractivity contribution in [2.75, 3.05) is 23.5 Å². The summed E-state index contributed by atoms with van der Waals surface area (Å²) < 4.78 is 19.1. The van der Waals surface area contributed by atoms with Crippen molar-refractivity contribution in [2.45, 2.75) is 32.7 Å². The van der Waals surface area contributed by atoms with Gasteiger partial charge in [-0.2, -0.15) is 0 Å². The van der Waals surface area contributed by atoms with E-state index in [-0.39, 0.29) is 11.8 Å². The van der Waals surface area contributed by atoms with E-state index >= 15 is 0 Å². The van der Waals surface area contributed by atoms with E-state index < -0.39 is 11.9 Å². The van der Waals surface area contributed by atoms with Gasteiger partial charge in [-0.25, -0.2) is 4.39 Å². The minimum absolute atomic E-state index is 0.139. The Balaban J connectivity index is 2.11. The number of nitrogens with zero attached hydrogens (tertiary/aromatic N) is 2. The van der Waals surface area contributed by atoms with Crippen molar-refractivity contribution < 1.29 is 18.7 Å². The quantitative estimate of drug-likeness (QED) is 0.799. The predicted octanol–water partition coefficient (Wildman–Crippen LogP) is 4.02. The molecule has 5 nitrogen and oxygen atoms in total. The Morgan fingerprint density at radius 1 is 1.11 bits per heavy atom. The molecule has 1 aliphatic heterocycles. The summed E-state index contributed by atoms with van der Waals surface area (Å²) in [4.78, 5) is 29.4. The van der Waals surface area contributed by atoms with Crippen LogP contribution >= 0.6 is 0 Å². The van der Waals surface area contributed by atoms with Crippen molar-refractivity contribution >= 4 is 23.2 Å². The largest absolute Gasteiger partial charge is 0.497 e. The number of fused-ring (bicyclic) bond motifs is 1. The smallest absolute Gasteiger partial charge is 0.259 e. The van der Waals surface area contributed by atoms with Crippen molar-refractivity contribution in [1.29, 1.82) is 0 Å². The molecule has 0 N–H and O–H groups in total. The zero-order chi connectivity index (χ0) is 19.6. The zero-order valence-electron chi connectivity index (χ0n) is 15.7. The second-order valence-electron chi connectivity index (χ2n) is 6.45. The van der Waals surface area contributed by atoms with Gasteiger partial charge in [0.25, 0.3) is 5.91 Å². The lowest BCUT2D eigenvalue weighted by Crippen LogP contribution is -2.55. The number of amides is 2. The molecule has 1 heterocycles. The molecular weight excluding hydrogens is 347 g/mol. The molecule has 0 aliphatic carbocycles. The molecule has 142 valence electrons. The number of ether oxygens (including phenoxy) is 1. The maximum absolute atomic E-state index is 14.0. The van der Waals surface area contributed by atoms with Crippen LogP contribution in [0.1, 0.15) is 37.0 Å². The molecule has 1 atom stereocenters. The highest BCUT2D eigenvalue weighted by molar-refractivity contribution is 6.17. The van der Waals surface area contributed by atoms with Gasteiger partial charge in [-0.15, -0.1) is 0 Å². The molecule has 2 aromatic carbocycles. The second kappa shape index (κ2) is 7.78. The summed E-state index contributed by atoms with van der Waals surface area (Å²) in [6.45, 7) is 4.36. The molecule has 3 rings (SSSR count). The van der Waals surface area contributed by atoms with Crippen LogP contribution in [-0.4, -0.2) is 31.5 Å². The lowest BCUT2D eigenvalue weighted by molar-refractivity contribution is -0.120. The zero-order valence-corrected chi connectivity index (χ0v) is 15.7. The third kappa shape index (κ3) is 3.39. The van der Waals surface area contributed by atoms with Gasteiger partial charge in [0, 0.05) is 12.1 Å². The third-order valence-electron chi connectivity index (χ3n) is 4.74. The number of rotatable bonds is 5. The summed E-state index contributed by atoms with van der Waals surface area (Å²) in [7, 11) is 1.55. The fourth-order valence-corrected chi connectivity index (χ4v) is 3.43. The lowest BCUT2D eigenvalue weighted by atomic mass is 10.0. The van der Waals surface area contributed by atoms with E-state index in [1.54, 1.807) is 42.3 Å². The summed E-state index contributed by atoms with van der Waals surface area (Å²) in [6.07, 6.45) is 1.21. The van der Waals surface area contributed by atoms with Crippen LogP contribution in [0.25, 0.3) is 0 Å². The molecule has 0 saturated carbocycles. The average molecular weight is 370 g/mol. The fourth-order valence-electron chi connectivity index (χ4n) is 3.43. The van der Waals surface area contributed by atoms with Crippen LogP contribution < -0.4 is 14.5 Å². The molecule has 0 saturated heterocycles. The van der Waals surface area contributed by atoms with Gasteiger partial charge in [0.1, 0.15) is 17.6 Å². The molecule has 0 unspecified atom stereocenters. The number of carbonyl (C=O) groups is 2. The van der Waals surface area contributed by atoms with E-state index in [0.717, 1.165) is 6.42 Å². The Bertz CT molecular complexity index is 851. The normalized spacial score (nSPS) is 16.3. The number of carbonyl (C=O) groups excluding carboxylic acids is 2. The van der Waals surface area contributed by atoms with Gasteiger partial charge in [0.05, 0.1) is 18.5 Å². The molecule has 0 fully saturated rings. The van der Waals surface area contributed by atoms with E-state index in [4.69, 9.17) is 4.74 Å². The van der Waals surface area contributed by atoms with Crippen molar-refractivity contribution in [2.24, 2.45) is 0 Å². The average Bonchev–Trinajstić information content (AvgIpc) is 2.69. The highest BCUT2D eigenvalue weighted by Gasteiger charge is 2.40. The fraction of sp³-hybridized carbons (Fsp3) is 0.333. The topological polar surface area (TPSA) is 49.9 Å². The molecule has 27 heavy (non-hydrogen) atoms. The van der Waals surface area contributed by atoms with Gasteiger partial charge in [-0.05, 0) is 55.3 Å². The standard InChI is InChI=1S/C21H23FN2O3/c1-4-12-23-18-11-8-15(22)13-19(18)24(17(5-2)21(23)26)20(25)14-6-9-16(27-3)10-7-14/h6-11,13,17H,4-5,12H2,1-3H3/t17-/m1/s1. The maximum atomic E-state index is 14.0. The molecule has 2 amide bonds. The third-order valence-corrected chi connectivity index (χ3v) is 4.74. The Morgan fingerprint density at radius 2 is 1.81 bits per heavy atom. The van der Waals surface area contributed by atoms with E-state index in [1.165, 1.54) is 17.0 Å². The number of hydrogen-bond acceptors (Lipinski definition) is 3. The first kappa shape index (κ1) is 18.9. The summed E-state index contributed by atoms with van der Waals surface area (Å²) >= 11 is 0. The minimum Gasteiger partial charge on any atom is -0.497 e. The summed E-state index contributed by atoms with van der Waals surface area (Å²) in [6, 6.07) is 10.2. The number of hydrogen-bond donors (Lipinski definition) is 0. The van der Waals surface area contributed by atoms with Crippen LogP contribution in [0.15, 0.2) is 42.5 Å². The number of methoxy groups -OCH3 is 1. The predicted molar refractivity (Wildman–Crippen MR) is 103 cm³/mol. The Hall–Kier alpha value is -2.89. The number of halogens is 1. The van der Waals surface area contributed by atoms with Crippen LogP contribution in [-0.2, 0) is 4.79 Å². The van der Waals surface area contributed by atoms with Gasteiger partial charge >= 0.3 is 0 Å². The highest BCUT2D eigenvalue weighted by atomic mass is 19.1. The van der Waals surface area contributed by atoms with Crippen LogP contribution in [0.2, 0.25) is 0 Å². The van der Waals surface area contributed by atoms with Gasteiger partial charge in [-0.1, -0.05) is 13.8 Å². The molecule has 0 spiro atoms. The van der Waals surface area contributed by atoms with Crippen molar-refractivity contribution in [3.05, 3.63) is 53.8 Å². The monoisotopic (exact) mass is 370 g/mol. The van der Waals surface area contributed by atoms with Crippen molar-refractivity contribution in [1.82, 2.24) is 0 Å². The van der Waals surface area contributed by atoms with Crippen LogP contribution in [0.5, 0.6) is 5.75 Å². The maximum Gasteiger partial charge on any atom is 0.259 e. The Labute approximate surface area is 158 Å². The molecule has 0 bridgehead atoms. The van der Waals surface area contributed by atoms with E-state index in [0.29, 0.717) is 35.7 Å². The highest BCUT2D eigenvalue weighted by Crippen LogP contribution is 2.38. The Kier molecular flexibility index (Phi) is 5.44. The molecular formula is C21H23FN2O3. The van der Waals surface area contributed by atoms with Crippen LogP contribution in [0, 0.1) is 5.82 Å². The Morgan fingerprint density at radius 3 is 2.41 bits per heavy atom. The minimum atomic E-state index is -0.666. The van der Waals surface area contributed by atoms with Gasteiger partial charge in [0.15, 0.2) is 0 Å². The van der Waals surface area contributed by atoms with Crippen molar-refractivity contribution in [3.63, 3.8) is 0 Å². The molecule has 0 aromatic heterocycles. The SMILES string of the molecule is CCCN1C(=O)[C@@H](CC)N(C(=O)c2ccc(OC)cc2)c2cc(F)ccc21.